The van der Waals surface area contributed by atoms with Gasteiger partial charge in [0, 0.05) is 18.5 Å². The largest absolute Gasteiger partial charge is 0.493 e. The van der Waals surface area contributed by atoms with Crippen LogP contribution in [0, 0.1) is 0 Å². The van der Waals surface area contributed by atoms with Crippen LogP contribution in [0.3, 0.4) is 0 Å². The maximum Gasteiger partial charge on any atom is 0.237 e. The minimum Gasteiger partial charge on any atom is -0.493 e. The Morgan fingerprint density at radius 3 is 2.50 bits per heavy atom. The smallest absolute Gasteiger partial charge is 0.237 e. The summed E-state index contributed by atoms with van der Waals surface area (Å²) in [7, 11) is 5.22. The molecule has 1 aliphatic rings. The van der Waals surface area contributed by atoms with E-state index in [2.05, 4.69) is 59.7 Å². The number of carbonyl (C=O) groups is 1. The number of rotatable bonds is 7. The van der Waals surface area contributed by atoms with Gasteiger partial charge in [0.15, 0.2) is 11.5 Å². The van der Waals surface area contributed by atoms with Gasteiger partial charge in [-0.1, -0.05) is 36.4 Å². The molecule has 32 heavy (non-hydrogen) atoms. The van der Waals surface area contributed by atoms with E-state index in [1.165, 1.54) is 21.6 Å². The summed E-state index contributed by atoms with van der Waals surface area (Å²) in [6.45, 7) is 3.25. The van der Waals surface area contributed by atoms with E-state index in [4.69, 9.17) is 9.47 Å². The normalized spacial score (nSPS) is 16.8. The molecule has 2 heterocycles. The van der Waals surface area contributed by atoms with Gasteiger partial charge in [-0.15, -0.1) is 11.3 Å². The summed E-state index contributed by atoms with van der Waals surface area (Å²) >= 11 is 1.69. The average molecular weight is 451 g/mol. The number of benzene rings is 2. The zero-order valence-corrected chi connectivity index (χ0v) is 19.9. The van der Waals surface area contributed by atoms with Gasteiger partial charge in [-0.25, -0.2) is 0 Å². The Morgan fingerprint density at radius 2 is 1.84 bits per heavy atom. The van der Waals surface area contributed by atoms with E-state index in [0.717, 1.165) is 18.7 Å². The monoisotopic (exact) mass is 450 g/mol. The predicted octanol–water partition coefficient (Wildman–Crippen LogP) is 4.93. The zero-order valence-electron chi connectivity index (χ0n) is 19.1. The van der Waals surface area contributed by atoms with E-state index in [1.807, 2.05) is 24.1 Å². The fourth-order valence-corrected chi connectivity index (χ4v) is 5.24. The van der Waals surface area contributed by atoms with Crippen molar-refractivity contribution >= 4 is 17.2 Å². The fraction of sp³-hybridized carbons (Fsp3) is 0.346. The van der Waals surface area contributed by atoms with Crippen molar-refractivity contribution in [2.24, 2.45) is 0 Å². The summed E-state index contributed by atoms with van der Waals surface area (Å²) < 4.78 is 11.1. The summed E-state index contributed by atoms with van der Waals surface area (Å²) in [4.78, 5) is 18.6. The van der Waals surface area contributed by atoms with Crippen LogP contribution in [0.4, 0.5) is 0 Å². The molecule has 2 aromatic carbocycles. The van der Waals surface area contributed by atoms with Gasteiger partial charge in [0.25, 0.3) is 0 Å². The SMILES string of the molecule is COc1cc2c(cc1OC)C(c1ccccc1)N(CC(=O)N(C)C(C)c1cccs1)CC2. The van der Waals surface area contributed by atoms with Gasteiger partial charge in [0.05, 0.1) is 32.8 Å². The first kappa shape index (κ1) is 22.4. The minimum atomic E-state index is -0.0193. The first-order valence-corrected chi connectivity index (χ1v) is 11.7. The van der Waals surface area contributed by atoms with E-state index in [9.17, 15) is 4.79 Å². The van der Waals surface area contributed by atoms with Crippen LogP contribution in [0.15, 0.2) is 60.0 Å². The van der Waals surface area contributed by atoms with Crippen molar-refractivity contribution in [2.75, 3.05) is 34.4 Å². The molecule has 4 rings (SSSR count). The average Bonchev–Trinajstić information content (AvgIpc) is 3.37. The highest BCUT2D eigenvalue weighted by molar-refractivity contribution is 7.10. The standard InChI is InChI=1S/C26H30N2O3S/c1-18(24-11-8-14-32-24)27(2)25(29)17-28-13-12-20-15-22(30-3)23(31-4)16-21(20)26(28)19-9-6-5-7-10-19/h5-11,14-16,18,26H,12-13,17H2,1-4H3. The molecule has 168 valence electrons. The highest BCUT2D eigenvalue weighted by Crippen LogP contribution is 2.41. The van der Waals surface area contributed by atoms with E-state index in [1.54, 1.807) is 25.6 Å². The molecule has 0 saturated carbocycles. The third-order valence-corrected chi connectivity index (χ3v) is 7.40. The van der Waals surface area contributed by atoms with E-state index in [-0.39, 0.29) is 18.0 Å². The lowest BCUT2D eigenvalue weighted by atomic mass is 9.87. The Morgan fingerprint density at radius 1 is 1.12 bits per heavy atom. The van der Waals surface area contributed by atoms with Gasteiger partial charge in [0.1, 0.15) is 0 Å². The molecule has 0 fully saturated rings. The fourth-order valence-electron chi connectivity index (χ4n) is 4.41. The van der Waals surface area contributed by atoms with Crippen LogP contribution < -0.4 is 9.47 Å². The number of ether oxygens (including phenoxy) is 2. The number of thiophene rings is 1. The molecule has 2 unspecified atom stereocenters. The molecule has 0 spiro atoms. The summed E-state index contributed by atoms with van der Waals surface area (Å²) in [6.07, 6.45) is 0.858. The van der Waals surface area contributed by atoms with Crippen molar-refractivity contribution in [1.82, 2.24) is 9.80 Å². The Kier molecular flexibility index (Phi) is 6.82. The molecule has 6 heteroatoms. The first-order chi connectivity index (χ1) is 15.5. The maximum atomic E-state index is 13.3. The second kappa shape index (κ2) is 9.76. The van der Waals surface area contributed by atoms with Gasteiger partial charge in [-0.2, -0.15) is 0 Å². The van der Waals surface area contributed by atoms with Crippen LogP contribution in [0.5, 0.6) is 11.5 Å². The van der Waals surface area contributed by atoms with E-state index in [0.29, 0.717) is 12.3 Å². The van der Waals surface area contributed by atoms with Gasteiger partial charge in [-0.3, -0.25) is 9.69 Å². The molecule has 3 aromatic rings. The number of fused-ring (bicyclic) bond motifs is 1. The van der Waals surface area contributed by atoms with Crippen molar-refractivity contribution in [3.8, 4) is 11.5 Å². The lowest BCUT2D eigenvalue weighted by molar-refractivity contribution is -0.133. The number of hydrogen-bond donors (Lipinski definition) is 0. The number of amides is 1. The number of carbonyl (C=O) groups excluding carboxylic acids is 1. The molecule has 1 aliphatic heterocycles. The number of methoxy groups -OCH3 is 2. The Balaban J connectivity index is 1.65. The van der Waals surface area contributed by atoms with Gasteiger partial charge in [0.2, 0.25) is 5.91 Å². The lowest BCUT2D eigenvalue weighted by Gasteiger charge is -2.39. The third kappa shape index (κ3) is 4.38. The van der Waals surface area contributed by atoms with Crippen LogP contribution in [-0.4, -0.2) is 50.1 Å². The second-order valence-corrected chi connectivity index (χ2v) is 9.12. The highest BCUT2D eigenvalue weighted by Gasteiger charge is 2.32. The molecule has 0 N–H and O–H groups in total. The topological polar surface area (TPSA) is 42.0 Å². The molecule has 2 atom stereocenters. The van der Waals surface area contributed by atoms with Gasteiger partial charge >= 0.3 is 0 Å². The molecular weight excluding hydrogens is 420 g/mol. The third-order valence-electron chi connectivity index (χ3n) is 6.36. The van der Waals surface area contributed by atoms with Crippen LogP contribution in [0.25, 0.3) is 0 Å². The van der Waals surface area contributed by atoms with Crippen molar-refractivity contribution in [2.45, 2.75) is 25.4 Å². The second-order valence-electron chi connectivity index (χ2n) is 8.14. The van der Waals surface area contributed by atoms with Gasteiger partial charge < -0.3 is 14.4 Å². The minimum absolute atomic E-state index is 0.0193. The number of hydrogen-bond acceptors (Lipinski definition) is 5. The molecule has 5 nitrogen and oxygen atoms in total. The molecule has 0 saturated heterocycles. The Hall–Kier alpha value is -2.83. The van der Waals surface area contributed by atoms with Gasteiger partial charge in [-0.05, 0) is 53.6 Å². The Labute approximate surface area is 194 Å². The van der Waals surface area contributed by atoms with E-state index < -0.39 is 0 Å². The molecule has 0 bridgehead atoms. The van der Waals surface area contributed by atoms with Crippen LogP contribution in [0.2, 0.25) is 0 Å². The Bertz CT molecular complexity index is 1050. The van der Waals surface area contributed by atoms with Crippen LogP contribution in [0.1, 0.15) is 40.6 Å². The van der Waals surface area contributed by atoms with E-state index >= 15 is 0 Å². The molecular formula is C26H30N2O3S. The molecule has 1 amide bonds. The summed E-state index contributed by atoms with van der Waals surface area (Å²) in [5, 5.41) is 2.05. The first-order valence-electron chi connectivity index (χ1n) is 10.9. The number of likely N-dealkylation sites (N-methyl/N-ethyl adjacent to an activating group) is 1. The zero-order chi connectivity index (χ0) is 22.7. The molecule has 0 aliphatic carbocycles. The van der Waals surface area contributed by atoms with Crippen LogP contribution in [-0.2, 0) is 11.2 Å². The maximum absolute atomic E-state index is 13.3. The summed E-state index contributed by atoms with van der Waals surface area (Å²) in [6, 6.07) is 18.7. The van der Waals surface area contributed by atoms with Crippen molar-refractivity contribution in [1.29, 1.82) is 0 Å². The van der Waals surface area contributed by atoms with Crippen molar-refractivity contribution in [3.63, 3.8) is 0 Å². The lowest BCUT2D eigenvalue weighted by Crippen LogP contribution is -2.44. The molecule has 1 aromatic heterocycles. The van der Waals surface area contributed by atoms with Crippen molar-refractivity contribution < 1.29 is 14.3 Å². The molecule has 0 radical (unpaired) electrons. The highest BCUT2D eigenvalue weighted by atomic mass is 32.1. The van der Waals surface area contributed by atoms with Crippen molar-refractivity contribution in [3.05, 3.63) is 81.5 Å². The predicted molar refractivity (Wildman–Crippen MR) is 129 cm³/mol. The summed E-state index contributed by atoms with van der Waals surface area (Å²) in [5.74, 6) is 1.58. The summed E-state index contributed by atoms with van der Waals surface area (Å²) in [5.41, 5.74) is 3.57. The quantitative estimate of drug-likeness (QED) is 0.512. The van der Waals surface area contributed by atoms with Crippen LogP contribution >= 0.6 is 11.3 Å². The number of nitrogens with zero attached hydrogens (tertiary/aromatic N) is 2.